The topological polar surface area (TPSA) is 105 Å². The van der Waals surface area contributed by atoms with Gasteiger partial charge >= 0.3 is 23.9 Å². The zero-order valence-corrected chi connectivity index (χ0v) is 37.9. The van der Waals surface area contributed by atoms with E-state index < -0.39 is 10.8 Å². The van der Waals surface area contributed by atoms with Gasteiger partial charge in [0.1, 0.15) is 23.4 Å². The molecule has 8 bridgehead atoms. The van der Waals surface area contributed by atoms with E-state index in [1.807, 2.05) is 27.7 Å². The zero-order valence-electron chi connectivity index (χ0n) is 37.9. The second-order valence-electron chi connectivity index (χ2n) is 23.7. The fourth-order valence-electron chi connectivity index (χ4n) is 16.2. The third-order valence-electron chi connectivity index (χ3n) is 20.0. The van der Waals surface area contributed by atoms with Crippen LogP contribution in [0.4, 0.5) is 0 Å². The number of hydrogen-bond acceptors (Lipinski definition) is 8. The number of fused-ring (bicyclic) bond motifs is 18. The molecule has 10 aliphatic rings. The van der Waals surface area contributed by atoms with Crippen LogP contribution >= 0.6 is 0 Å². The highest BCUT2D eigenvalue weighted by Gasteiger charge is 2.68. The molecule has 0 amide bonds. The molecule has 63 heavy (non-hydrogen) atoms. The molecule has 0 aromatic carbocycles. The number of carbonyl (C=O) groups excluding carboxylic acids is 4. The predicted molar refractivity (Wildman–Crippen MR) is 251 cm³/mol. The Morgan fingerprint density at radius 2 is 0.857 bits per heavy atom. The summed E-state index contributed by atoms with van der Waals surface area (Å²) in [7, 11) is 0. The van der Waals surface area contributed by atoms with Gasteiger partial charge in [0.05, 0.1) is 22.7 Å². The van der Waals surface area contributed by atoms with Gasteiger partial charge in [0.25, 0.3) is 0 Å². The minimum Gasteiger partial charge on any atom is -0.462 e. The van der Waals surface area contributed by atoms with E-state index in [1.165, 1.54) is 51.4 Å². The summed E-state index contributed by atoms with van der Waals surface area (Å²) in [5.74, 6) is 7.57. The normalized spacial score (nSPS) is 40.8. The maximum absolute atomic E-state index is 13.3. The summed E-state index contributed by atoms with van der Waals surface area (Å²) >= 11 is 0. The molecule has 16 atom stereocenters. The van der Waals surface area contributed by atoms with Crippen LogP contribution < -0.4 is 0 Å². The van der Waals surface area contributed by atoms with Gasteiger partial charge in [-0.2, -0.15) is 0 Å². The molecule has 0 heterocycles. The van der Waals surface area contributed by atoms with Crippen molar-refractivity contribution in [3.8, 4) is 0 Å². The Bertz CT molecular complexity index is 1640. The van der Waals surface area contributed by atoms with Crippen molar-refractivity contribution in [2.24, 2.45) is 93.7 Å². The first-order valence-electron chi connectivity index (χ1n) is 24.9. The Balaban J connectivity index is 0.000000223. The smallest absolute Gasteiger partial charge is 0.311 e. The fraction of sp³-hybridized carbons (Fsp3) is 0.927. The highest BCUT2D eigenvalue weighted by molar-refractivity contribution is 5.77. The first-order chi connectivity index (χ1) is 28.0. The van der Waals surface area contributed by atoms with Gasteiger partial charge < -0.3 is 18.9 Å². The average molecular weight is 883 g/mol. The van der Waals surface area contributed by atoms with Crippen molar-refractivity contribution >= 4 is 23.9 Å². The van der Waals surface area contributed by atoms with E-state index in [9.17, 15) is 19.2 Å². The van der Waals surface area contributed by atoms with Crippen LogP contribution in [0.25, 0.3) is 0 Å². The molecule has 0 aliphatic heterocycles. The molecule has 0 aromatic heterocycles. The summed E-state index contributed by atoms with van der Waals surface area (Å²) in [6.45, 7) is 16.3. The molecule has 10 saturated carbocycles. The molecule has 16 unspecified atom stereocenters. The molecule has 0 spiro atoms. The lowest BCUT2D eigenvalue weighted by molar-refractivity contribution is -0.172. The van der Waals surface area contributed by atoms with Crippen molar-refractivity contribution in [2.45, 2.75) is 231 Å². The molecule has 0 aromatic rings. The highest BCUT2D eigenvalue weighted by atomic mass is 16.6. The third kappa shape index (κ3) is 8.81. The van der Waals surface area contributed by atoms with E-state index in [4.69, 9.17) is 18.9 Å². The van der Waals surface area contributed by atoms with Crippen molar-refractivity contribution in [3.05, 3.63) is 0 Å². The minimum atomic E-state index is -0.405. The first kappa shape index (κ1) is 51.9. The molecule has 0 saturated heterocycles. The van der Waals surface area contributed by atoms with Crippen molar-refractivity contribution in [1.82, 2.24) is 0 Å². The van der Waals surface area contributed by atoms with Gasteiger partial charge in [-0.3, -0.25) is 19.2 Å². The van der Waals surface area contributed by atoms with Crippen LogP contribution in [-0.4, -0.2) is 47.3 Å². The summed E-state index contributed by atoms with van der Waals surface area (Å²) in [4.78, 5) is 51.8. The third-order valence-corrected chi connectivity index (χ3v) is 20.0. The average Bonchev–Trinajstić information content (AvgIpc) is 4.04. The Hall–Kier alpha value is -2.12. The van der Waals surface area contributed by atoms with Crippen LogP contribution in [0.2, 0.25) is 0 Å². The molecular weight excluding hydrogens is 789 g/mol. The Kier molecular flexibility index (Phi) is 15.5. The van der Waals surface area contributed by atoms with E-state index >= 15 is 0 Å². The van der Waals surface area contributed by atoms with Gasteiger partial charge in [-0.25, -0.2) is 0 Å². The van der Waals surface area contributed by atoms with E-state index in [0.29, 0.717) is 59.2 Å². The highest BCUT2D eigenvalue weighted by Crippen LogP contribution is 2.71. The minimum absolute atomic E-state index is 0. The lowest BCUT2D eigenvalue weighted by Crippen LogP contribution is -2.44. The maximum Gasteiger partial charge on any atom is 0.311 e. The van der Waals surface area contributed by atoms with Gasteiger partial charge in [-0.05, 0) is 228 Å². The number of carbonyl (C=O) groups is 4. The Morgan fingerprint density at radius 1 is 0.492 bits per heavy atom. The Labute approximate surface area is 385 Å². The largest absolute Gasteiger partial charge is 0.462 e. The van der Waals surface area contributed by atoms with E-state index in [1.54, 1.807) is 0 Å². The van der Waals surface area contributed by atoms with Crippen LogP contribution in [0.1, 0.15) is 207 Å². The SMILES string of the molecule is C.C.C.C.CCC(C)(C)C(=O)OC1CC2CC1C1C3CC(CC3C(=O)OC3(C)CCCC3)C21.CCC1(OC(=O)C2CC3CC2C2C4CC(CC4OC(=O)C(C)(C)CC)C32)CCCC1. The summed E-state index contributed by atoms with van der Waals surface area (Å²) < 4.78 is 24.5. The number of hydrogen-bond donors (Lipinski definition) is 0. The number of ether oxygens (including phenoxy) is 4. The molecule has 0 radical (unpaired) electrons. The monoisotopic (exact) mass is 883 g/mol. The second kappa shape index (κ2) is 18.9. The van der Waals surface area contributed by atoms with E-state index in [-0.39, 0.29) is 88.8 Å². The molecule has 362 valence electrons. The second-order valence-corrected chi connectivity index (χ2v) is 23.7. The van der Waals surface area contributed by atoms with Gasteiger partial charge in [0.2, 0.25) is 0 Å². The van der Waals surface area contributed by atoms with Crippen LogP contribution in [0, 0.1) is 93.7 Å². The van der Waals surface area contributed by atoms with Crippen LogP contribution in [0.3, 0.4) is 0 Å². The van der Waals surface area contributed by atoms with Gasteiger partial charge in [-0.1, -0.05) is 50.5 Å². The zero-order chi connectivity index (χ0) is 41.8. The molecule has 8 heteroatoms. The van der Waals surface area contributed by atoms with Gasteiger partial charge in [-0.15, -0.1) is 0 Å². The molecule has 10 rings (SSSR count). The van der Waals surface area contributed by atoms with Crippen molar-refractivity contribution in [2.75, 3.05) is 0 Å². The number of esters is 4. The van der Waals surface area contributed by atoms with Crippen LogP contribution in [0.15, 0.2) is 0 Å². The summed E-state index contributed by atoms with van der Waals surface area (Å²) in [5, 5.41) is 0. The van der Waals surface area contributed by atoms with Gasteiger partial charge in [0, 0.05) is 0 Å². The molecule has 0 N–H and O–H groups in total. The lowest BCUT2D eigenvalue weighted by Gasteiger charge is -2.41. The molecule has 10 fully saturated rings. The maximum atomic E-state index is 13.3. The number of rotatable bonds is 11. The van der Waals surface area contributed by atoms with Crippen molar-refractivity contribution < 1.29 is 38.1 Å². The first-order valence-corrected chi connectivity index (χ1v) is 24.9. The summed E-state index contributed by atoms with van der Waals surface area (Å²) in [6, 6.07) is 0. The van der Waals surface area contributed by atoms with Crippen LogP contribution in [0.5, 0.6) is 0 Å². The van der Waals surface area contributed by atoms with E-state index in [2.05, 4.69) is 27.7 Å². The van der Waals surface area contributed by atoms with Crippen molar-refractivity contribution in [3.63, 3.8) is 0 Å². The standard InChI is InChI=1S/C26H40O4.C25H38O4.4CH4/c1-5-25(3,4)24(28)29-20-14-16-13-19(20)22-17-11-15(21(16)22)12-18(17)23(27)30-26(6-2)9-7-8-10-26;1-5-24(2,3)23(27)28-19-13-15-12-18(19)21-16-10-14(20(15)21)11-17(16)22(26)29-25(4)8-6-7-9-25;;;;/h15-22H,5-14H2,1-4H3;14-21H,5-13H2,1-4H3;4*1H4. The van der Waals surface area contributed by atoms with E-state index in [0.717, 1.165) is 82.5 Å². The van der Waals surface area contributed by atoms with Crippen LogP contribution in [-0.2, 0) is 38.1 Å². The fourth-order valence-corrected chi connectivity index (χ4v) is 16.2. The molecule has 10 aliphatic carbocycles. The quantitative estimate of drug-likeness (QED) is 0.115. The van der Waals surface area contributed by atoms with Crippen molar-refractivity contribution in [1.29, 1.82) is 0 Å². The summed E-state index contributed by atoms with van der Waals surface area (Å²) in [5.41, 5.74) is -1.22. The lowest BCUT2D eigenvalue weighted by atomic mass is 9.66. The predicted octanol–water partition coefficient (Wildman–Crippen LogP) is 13.2. The molecule has 8 nitrogen and oxygen atoms in total. The molecular formula is C55H94O8. The summed E-state index contributed by atoms with van der Waals surface area (Å²) in [6.07, 6.45) is 20.5. The van der Waals surface area contributed by atoms with Gasteiger partial charge in [0.15, 0.2) is 0 Å². The Morgan fingerprint density at radius 3 is 1.25 bits per heavy atom.